The molecule has 0 fully saturated rings. The van der Waals surface area contributed by atoms with Gasteiger partial charge in [0.25, 0.3) is 5.91 Å². The highest BCUT2D eigenvalue weighted by molar-refractivity contribution is 6.00. The summed E-state index contributed by atoms with van der Waals surface area (Å²) in [6, 6.07) is 22.7. The third-order valence-corrected chi connectivity index (χ3v) is 4.67. The second-order valence-electron chi connectivity index (χ2n) is 6.75. The molecule has 0 heterocycles. The van der Waals surface area contributed by atoms with E-state index in [1.807, 2.05) is 74.5 Å². The summed E-state index contributed by atoms with van der Waals surface area (Å²) in [5.41, 5.74) is 5.12. The number of hydrogen-bond acceptors (Lipinski definition) is 3. The first kappa shape index (κ1) is 19.4. The number of nitrogens with one attached hydrogen (secondary N) is 1. The molecule has 3 rings (SSSR count). The van der Waals surface area contributed by atoms with Gasteiger partial charge in [-0.05, 0) is 55.7 Å². The van der Waals surface area contributed by atoms with Gasteiger partial charge < -0.3 is 10.1 Å². The molecule has 4 heteroatoms. The minimum atomic E-state index is -0.919. The van der Waals surface area contributed by atoms with Gasteiger partial charge in [-0.3, -0.25) is 4.79 Å². The molecule has 0 saturated heterocycles. The normalized spacial score (nSPS) is 11.5. The zero-order chi connectivity index (χ0) is 20.1. The van der Waals surface area contributed by atoms with Crippen molar-refractivity contribution >= 4 is 17.6 Å². The highest BCUT2D eigenvalue weighted by atomic mass is 16.5. The number of hydrogen-bond donors (Lipinski definition) is 1. The van der Waals surface area contributed by atoms with E-state index < -0.39 is 12.1 Å². The summed E-state index contributed by atoms with van der Waals surface area (Å²) in [6.45, 7) is 5.48. The highest BCUT2D eigenvalue weighted by Gasteiger charge is 2.20. The molecule has 3 aromatic rings. The van der Waals surface area contributed by atoms with Gasteiger partial charge in [0.15, 0.2) is 6.10 Å². The van der Waals surface area contributed by atoms with Crippen LogP contribution < -0.4 is 5.32 Å². The van der Waals surface area contributed by atoms with Crippen molar-refractivity contribution in [3.05, 3.63) is 89.5 Å². The van der Waals surface area contributed by atoms with E-state index in [4.69, 9.17) is 4.74 Å². The van der Waals surface area contributed by atoms with Gasteiger partial charge in [0.05, 0.1) is 5.56 Å². The van der Waals surface area contributed by atoms with E-state index in [-0.39, 0.29) is 5.91 Å². The lowest BCUT2D eigenvalue weighted by Gasteiger charge is -2.16. The Hall–Kier alpha value is -3.40. The third-order valence-electron chi connectivity index (χ3n) is 4.67. The Labute approximate surface area is 165 Å². The Morgan fingerprint density at radius 1 is 0.857 bits per heavy atom. The van der Waals surface area contributed by atoms with Crippen LogP contribution in [0.1, 0.15) is 28.4 Å². The largest absolute Gasteiger partial charge is 0.449 e. The van der Waals surface area contributed by atoms with Gasteiger partial charge in [0, 0.05) is 11.3 Å². The second kappa shape index (κ2) is 8.53. The fourth-order valence-electron chi connectivity index (χ4n) is 2.85. The number of amides is 1. The molecule has 0 unspecified atom stereocenters. The van der Waals surface area contributed by atoms with E-state index in [9.17, 15) is 9.59 Å². The van der Waals surface area contributed by atoms with Crippen LogP contribution in [-0.4, -0.2) is 18.0 Å². The number of esters is 1. The van der Waals surface area contributed by atoms with Gasteiger partial charge in [0.2, 0.25) is 0 Å². The van der Waals surface area contributed by atoms with Crippen molar-refractivity contribution in [3.8, 4) is 11.1 Å². The average molecular weight is 373 g/mol. The smallest absolute Gasteiger partial charge is 0.338 e. The molecular weight excluding hydrogens is 350 g/mol. The molecule has 0 bridgehead atoms. The molecule has 0 aromatic heterocycles. The topological polar surface area (TPSA) is 55.4 Å². The van der Waals surface area contributed by atoms with Crippen LogP contribution in [0.4, 0.5) is 5.69 Å². The van der Waals surface area contributed by atoms with Crippen LogP contribution in [0.15, 0.2) is 72.8 Å². The first-order valence-corrected chi connectivity index (χ1v) is 9.19. The van der Waals surface area contributed by atoms with Crippen LogP contribution >= 0.6 is 0 Å². The number of rotatable bonds is 5. The summed E-state index contributed by atoms with van der Waals surface area (Å²) in [7, 11) is 0. The van der Waals surface area contributed by atoms with E-state index in [2.05, 4.69) is 5.32 Å². The fraction of sp³-hybridized carbons (Fsp3) is 0.167. The van der Waals surface area contributed by atoms with Crippen LogP contribution in [-0.2, 0) is 9.53 Å². The van der Waals surface area contributed by atoms with Crippen molar-refractivity contribution in [2.75, 3.05) is 5.32 Å². The highest BCUT2D eigenvalue weighted by Crippen LogP contribution is 2.27. The number of carbonyl (C=O) groups is 2. The van der Waals surface area contributed by atoms with Gasteiger partial charge in [-0.15, -0.1) is 0 Å². The van der Waals surface area contributed by atoms with Crippen molar-refractivity contribution in [2.45, 2.75) is 26.9 Å². The predicted molar refractivity (Wildman–Crippen MR) is 111 cm³/mol. The van der Waals surface area contributed by atoms with Crippen molar-refractivity contribution < 1.29 is 14.3 Å². The zero-order valence-corrected chi connectivity index (χ0v) is 16.2. The van der Waals surface area contributed by atoms with Gasteiger partial charge in [-0.1, -0.05) is 54.6 Å². The van der Waals surface area contributed by atoms with E-state index >= 15 is 0 Å². The zero-order valence-electron chi connectivity index (χ0n) is 16.2. The summed E-state index contributed by atoms with van der Waals surface area (Å²) < 4.78 is 5.36. The molecule has 0 aliphatic rings. The number of para-hydroxylation sites is 1. The molecule has 0 radical (unpaired) electrons. The molecule has 28 heavy (non-hydrogen) atoms. The Morgan fingerprint density at radius 3 is 2.25 bits per heavy atom. The summed E-state index contributed by atoms with van der Waals surface area (Å²) in [4.78, 5) is 25.0. The lowest BCUT2D eigenvalue weighted by molar-refractivity contribution is -0.123. The van der Waals surface area contributed by atoms with Crippen molar-refractivity contribution in [1.82, 2.24) is 0 Å². The number of aryl methyl sites for hydroxylation is 2. The maximum atomic E-state index is 12.6. The van der Waals surface area contributed by atoms with Gasteiger partial charge >= 0.3 is 5.97 Å². The van der Waals surface area contributed by atoms with Crippen LogP contribution in [0.2, 0.25) is 0 Å². The SMILES string of the molecule is Cc1ccc(C(=O)O[C@H](C)C(=O)Nc2ccccc2-c2ccccc2)cc1C. The van der Waals surface area contributed by atoms with E-state index in [0.29, 0.717) is 11.3 Å². The van der Waals surface area contributed by atoms with Crippen LogP contribution in [0.5, 0.6) is 0 Å². The van der Waals surface area contributed by atoms with Crippen molar-refractivity contribution in [3.63, 3.8) is 0 Å². The van der Waals surface area contributed by atoms with Crippen LogP contribution in [0.25, 0.3) is 11.1 Å². The van der Waals surface area contributed by atoms with E-state index in [1.54, 1.807) is 19.1 Å². The van der Waals surface area contributed by atoms with Gasteiger partial charge in [0.1, 0.15) is 0 Å². The molecule has 0 spiro atoms. The Bertz CT molecular complexity index is 996. The molecule has 142 valence electrons. The van der Waals surface area contributed by atoms with E-state index in [0.717, 1.165) is 22.3 Å². The van der Waals surface area contributed by atoms with Crippen LogP contribution in [0.3, 0.4) is 0 Å². The Morgan fingerprint density at radius 2 is 1.54 bits per heavy atom. The molecule has 3 aromatic carbocycles. The Balaban J connectivity index is 1.71. The number of anilines is 1. The molecular formula is C24H23NO3. The molecule has 1 atom stereocenters. The summed E-state index contributed by atoms with van der Waals surface area (Å²) in [5, 5.41) is 2.87. The quantitative estimate of drug-likeness (QED) is 0.629. The summed E-state index contributed by atoms with van der Waals surface area (Å²) in [5.74, 6) is -0.886. The first-order valence-electron chi connectivity index (χ1n) is 9.19. The van der Waals surface area contributed by atoms with Crippen LogP contribution in [0, 0.1) is 13.8 Å². The standard InChI is InChI=1S/C24H23NO3/c1-16-13-14-20(15-17(16)2)24(27)28-18(3)23(26)25-22-12-8-7-11-21(22)19-9-5-4-6-10-19/h4-15,18H,1-3H3,(H,25,26)/t18-/m1/s1. The van der Waals surface area contributed by atoms with Gasteiger partial charge in [-0.2, -0.15) is 0 Å². The molecule has 1 N–H and O–H groups in total. The summed E-state index contributed by atoms with van der Waals surface area (Å²) >= 11 is 0. The number of ether oxygens (including phenoxy) is 1. The van der Waals surface area contributed by atoms with Gasteiger partial charge in [-0.25, -0.2) is 4.79 Å². The monoisotopic (exact) mass is 373 g/mol. The molecule has 0 aliphatic carbocycles. The lowest BCUT2D eigenvalue weighted by Crippen LogP contribution is -2.30. The van der Waals surface area contributed by atoms with Crippen molar-refractivity contribution in [2.24, 2.45) is 0 Å². The molecule has 4 nitrogen and oxygen atoms in total. The Kier molecular flexibility index (Phi) is 5.90. The number of carbonyl (C=O) groups excluding carboxylic acids is 2. The van der Waals surface area contributed by atoms with E-state index in [1.165, 1.54) is 0 Å². The first-order chi connectivity index (χ1) is 13.5. The maximum Gasteiger partial charge on any atom is 0.338 e. The second-order valence-corrected chi connectivity index (χ2v) is 6.75. The maximum absolute atomic E-state index is 12.6. The molecule has 1 amide bonds. The lowest BCUT2D eigenvalue weighted by atomic mass is 10.0. The summed E-state index contributed by atoms with van der Waals surface area (Å²) in [6.07, 6.45) is -0.919. The number of benzene rings is 3. The minimum Gasteiger partial charge on any atom is -0.449 e. The minimum absolute atomic E-state index is 0.374. The molecule has 0 saturated carbocycles. The average Bonchev–Trinajstić information content (AvgIpc) is 2.71. The molecule has 0 aliphatic heterocycles. The van der Waals surface area contributed by atoms with Crippen molar-refractivity contribution in [1.29, 1.82) is 0 Å². The fourth-order valence-corrected chi connectivity index (χ4v) is 2.85. The predicted octanol–water partition coefficient (Wildman–Crippen LogP) is 5.15. The third kappa shape index (κ3) is 4.46.